The number of methoxy groups -OCH3 is 3. The summed E-state index contributed by atoms with van der Waals surface area (Å²) in [4.78, 5) is 28.7. The molecule has 9 heteroatoms. The van der Waals surface area contributed by atoms with Crippen molar-refractivity contribution in [1.82, 2.24) is 9.91 Å². The van der Waals surface area contributed by atoms with E-state index in [2.05, 4.69) is 5.10 Å². The van der Waals surface area contributed by atoms with Crippen LogP contribution in [0.3, 0.4) is 0 Å². The Morgan fingerprint density at radius 3 is 2.40 bits per heavy atom. The molecule has 0 radical (unpaired) electrons. The highest BCUT2D eigenvalue weighted by Crippen LogP contribution is 2.38. The van der Waals surface area contributed by atoms with Crippen molar-refractivity contribution in [1.29, 1.82) is 0 Å². The zero-order chi connectivity index (χ0) is 24.9. The van der Waals surface area contributed by atoms with E-state index in [1.807, 2.05) is 35.7 Å². The first-order valence-electron chi connectivity index (χ1n) is 11.0. The van der Waals surface area contributed by atoms with Gasteiger partial charge in [0.2, 0.25) is 0 Å². The molecule has 3 aromatic rings. The molecule has 0 saturated carbocycles. The number of carbonyl (C=O) groups is 2. The summed E-state index contributed by atoms with van der Waals surface area (Å²) in [5.41, 5.74) is 2.18. The molecule has 0 fully saturated rings. The van der Waals surface area contributed by atoms with Crippen molar-refractivity contribution < 1.29 is 23.8 Å². The maximum absolute atomic E-state index is 13.4. The number of carbonyl (C=O) groups excluding carboxylic acids is 2. The quantitative estimate of drug-likeness (QED) is 0.469. The Balaban J connectivity index is 1.58. The fraction of sp³-hybridized carbons (Fsp3) is 0.269. The van der Waals surface area contributed by atoms with Crippen LogP contribution in [0, 0.1) is 0 Å². The van der Waals surface area contributed by atoms with Crippen LogP contribution in [0.4, 0.5) is 0 Å². The molecule has 0 bridgehead atoms. The highest BCUT2D eigenvalue weighted by atomic mass is 32.1. The van der Waals surface area contributed by atoms with E-state index in [1.54, 1.807) is 64.0 Å². The molecule has 35 heavy (non-hydrogen) atoms. The molecule has 1 aliphatic heterocycles. The first-order valence-corrected chi connectivity index (χ1v) is 11.9. The molecule has 0 spiro atoms. The number of hydrazone groups is 1. The summed E-state index contributed by atoms with van der Waals surface area (Å²) in [7, 11) is 6.33. The van der Waals surface area contributed by atoms with Crippen molar-refractivity contribution in [2.75, 3.05) is 34.9 Å². The first kappa shape index (κ1) is 24.3. The lowest BCUT2D eigenvalue weighted by molar-refractivity contribution is -0.133. The van der Waals surface area contributed by atoms with E-state index in [4.69, 9.17) is 14.2 Å². The second-order valence-corrected chi connectivity index (χ2v) is 8.93. The average Bonchev–Trinajstić information content (AvgIpc) is 3.58. The van der Waals surface area contributed by atoms with Gasteiger partial charge in [-0.25, -0.2) is 5.01 Å². The van der Waals surface area contributed by atoms with Gasteiger partial charge in [0.15, 0.2) is 11.5 Å². The van der Waals surface area contributed by atoms with E-state index in [9.17, 15) is 9.59 Å². The average molecular weight is 494 g/mol. The molecule has 8 nitrogen and oxygen atoms in total. The van der Waals surface area contributed by atoms with Crippen molar-refractivity contribution in [2.45, 2.75) is 12.5 Å². The molecule has 2 amide bonds. The van der Waals surface area contributed by atoms with Gasteiger partial charge in [-0.1, -0.05) is 12.1 Å². The molecule has 4 rings (SSSR count). The van der Waals surface area contributed by atoms with Crippen molar-refractivity contribution in [3.05, 3.63) is 76.0 Å². The first-order chi connectivity index (χ1) is 16.9. The van der Waals surface area contributed by atoms with Crippen molar-refractivity contribution in [2.24, 2.45) is 5.10 Å². The summed E-state index contributed by atoms with van der Waals surface area (Å²) in [6.07, 6.45) is 0.553. The number of rotatable bonds is 8. The smallest absolute Gasteiger partial charge is 0.262 e. The lowest BCUT2D eigenvalue weighted by Gasteiger charge is -2.25. The van der Waals surface area contributed by atoms with Gasteiger partial charge in [-0.15, -0.1) is 11.3 Å². The predicted octanol–water partition coefficient (Wildman–Crippen LogP) is 4.22. The third-order valence-corrected chi connectivity index (χ3v) is 6.74. The Kier molecular flexibility index (Phi) is 7.36. The van der Waals surface area contributed by atoms with Crippen LogP contribution in [0.2, 0.25) is 0 Å². The van der Waals surface area contributed by atoms with Gasteiger partial charge in [0, 0.05) is 19.0 Å². The van der Waals surface area contributed by atoms with Crippen LogP contribution in [0.15, 0.2) is 65.1 Å². The Bertz CT molecular complexity index is 1220. The molecule has 0 aliphatic carbocycles. The molecular formula is C26H27N3O5S. The molecule has 0 saturated heterocycles. The van der Waals surface area contributed by atoms with Crippen LogP contribution in [-0.4, -0.2) is 62.4 Å². The lowest BCUT2D eigenvalue weighted by Crippen LogP contribution is -2.39. The van der Waals surface area contributed by atoms with Gasteiger partial charge in [-0.05, 0) is 53.4 Å². The number of thiophene rings is 1. The summed E-state index contributed by atoms with van der Waals surface area (Å²) in [6.45, 7) is -0.115. The van der Waals surface area contributed by atoms with Gasteiger partial charge in [-0.2, -0.15) is 5.10 Å². The summed E-state index contributed by atoms with van der Waals surface area (Å²) in [5.74, 6) is 1.31. The fourth-order valence-corrected chi connectivity index (χ4v) is 4.67. The second-order valence-electron chi connectivity index (χ2n) is 7.99. The Labute approximate surface area is 208 Å². The fourth-order valence-electron chi connectivity index (χ4n) is 3.95. The number of likely N-dealkylation sites (N-methyl/N-ethyl adjacent to an activating group) is 1. The minimum Gasteiger partial charge on any atom is -0.497 e. The van der Waals surface area contributed by atoms with Crippen LogP contribution < -0.4 is 14.2 Å². The van der Waals surface area contributed by atoms with E-state index < -0.39 is 0 Å². The summed E-state index contributed by atoms with van der Waals surface area (Å²) >= 11 is 1.58. The van der Waals surface area contributed by atoms with E-state index in [-0.39, 0.29) is 24.4 Å². The molecular weight excluding hydrogens is 466 g/mol. The van der Waals surface area contributed by atoms with Crippen molar-refractivity contribution >= 4 is 28.9 Å². The van der Waals surface area contributed by atoms with Gasteiger partial charge in [0.1, 0.15) is 12.3 Å². The van der Waals surface area contributed by atoms with Crippen LogP contribution in [0.25, 0.3) is 0 Å². The largest absolute Gasteiger partial charge is 0.497 e. The molecule has 2 aromatic carbocycles. The molecule has 1 aromatic heterocycles. The topological polar surface area (TPSA) is 80.7 Å². The van der Waals surface area contributed by atoms with Crippen molar-refractivity contribution in [3.8, 4) is 17.2 Å². The zero-order valence-electron chi connectivity index (χ0n) is 20.1. The van der Waals surface area contributed by atoms with Gasteiger partial charge >= 0.3 is 0 Å². The number of hydrogen-bond donors (Lipinski definition) is 0. The van der Waals surface area contributed by atoms with Crippen LogP contribution >= 0.6 is 11.3 Å². The summed E-state index contributed by atoms with van der Waals surface area (Å²) in [6, 6.07) is 16.0. The van der Waals surface area contributed by atoms with E-state index in [0.29, 0.717) is 29.2 Å². The van der Waals surface area contributed by atoms with Gasteiger partial charge in [0.25, 0.3) is 11.8 Å². The third-order valence-electron chi connectivity index (χ3n) is 5.82. The van der Waals surface area contributed by atoms with Gasteiger partial charge in [0.05, 0.1) is 38.0 Å². The maximum Gasteiger partial charge on any atom is 0.262 e. The second kappa shape index (κ2) is 10.6. The van der Waals surface area contributed by atoms with E-state index in [1.165, 1.54) is 9.91 Å². The SMILES string of the molecule is COc1ccc(C(=O)N(C)CC(=O)N2N=C(c3cccs3)CC2c2ccc(OC)c(OC)c2)cc1. The predicted molar refractivity (Wildman–Crippen MR) is 135 cm³/mol. The van der Waals surface area contributed by atoms with E-state index >= 15 is 0 Å². The summed E-state index contributed by atoms with van der Waals surface area (Å²) < 4.78 is 16.0. The van der Waals surface area contributed by atoms with Crippen LogP contribution in [-0.2, 0) is 4.79 Å². The standard InChI is InChI=1S/C26H27N3O5S/c1-28(26(31)17-7-10-19(32-2)11-8-17)16-25(30)29-21(15-20(27-29)24-6-5-13-35-24)18-9-12-22(33-3)23(14-18)34-4/h5-14,21H,15-16H2,1-4H3. The minimum absolute atomic E-state index is 0.115. The molecule has 182 valence electrons. The van der Waals surface area contributed by atoms with Gasteiger partial charge < -0.3 is 19.1 Å². The number of ether oxygens (including phenoxy) is 3. The highest BCUT2D eigenvalue weighted by molar-refractivity contribution is 7.12. The molecule has 1 aliphatic rings. The summed E-state index contributed by atoms with van der Waals surface area (Å²) in [5, 5.41) is 8.14. The number of hydrogen-bond acceptors (Lipinski definition) is 7. The van der Waals surface area contributed by atoms with Crippen LogP contribution in [0.1, 0.15) is 33.3 Å². The molecule has 1 unspecified atom stereocenters. The minimum atomic E-state index is -0.330. The number of nitrogens with zero attached hydrogens (tertiary/aromatic N) is 3. The Morgan fingerprint density at radius 1 is 1.03 bits per heavy atom. The number of amides is 2. The Morgan fingerprint density at radius 2 is 1.77 bits per heavy atom. The number of benzene rings is 2. The van der Waals surface area contributed by atoms with Crippen molar-refractivity contribution in [3.63, 3.8) is 0 Å². The monoisotopic (exact) mass is 493 g/mol. The molecule has 1 atom stereocenters. The Hall–Kier alpha value is -3.85. The highest BCUT2D eigenvalue weighted by Gasteiger charge is 2.34. The molecule has 2 heterocycles. The van der Waals surface area contributed by atoms with Crippen LogP contribution in [0.5, 0.6) is 17.2 Å². The van der Waals surface area contributed by atoms with E-state index in [0.717, 1.165) is 16.2 Å². The molecule has 0 N–H and O–H groups in total. The normalized spacial score (nSPS) is 14.9. The third kappa shape index (κ3) is 5.14. The maximum atomic E-state index is 13.4. The lowest BCUT2D eigenvalue weighted by atomic mass is 10.0. The van der Waals surface area contributed by atoms with Gasteiger partial charge in [-0.3, -0.25) is 9.59 Å². The zero-order valence-corrected chi connectivity index (χ0v) is 20.9.